The second-order valence-corrected chi connectivity index (χ2v) is 9.66. The number of ether oxygens (including phenoxy) is 1. The van der Waals surface area contributed by atoms with E-state index in [4.69, 9.17) is 16.3 Å². The molecule has 0 aliphatic heterocycles. The van der Waals surface area contributed by atoms with Crippen LogP contribution in [0.5, 0.6) is 5.75 Å². The van der Waals surface area contributed by atoms with Crippen LogP contribution in [-0.2, 0) is 35.5 Å². The van der Waals surface area contributed by atoms with Crippen LogP contribution in [-0.4, -0.2) is 29.9 Å². The molecular weight excluding hydrogens is 515 g/mol. The molecule has 0 spiro atoms. The van der Waals surface area contributed by atoms with Crippen molar-refractivity contribution in [1.82, 2.24) is 10.2 Å². The molecule has 7 heteroatoms. The standard InChI is InChI=1S/C32H30ClFN2O3/c1-39-29-17-11-25(12-18-29)21-35-32(38)30(19-23-5-3-2-4-6-23)36(22-26-9-15-28(34)16-10-26)31(37)20-24-7-13-27(33)14-8-24/h2-18,30H,19-22H2,1H3,(H,35,38)/t30-/m1/s1. The number of methoxy groups -OCH3 is 1. The number of carbonyl (C=O) groups excluding carboxylic acids is 2. The van der Waals surface area contributed by atoms with E-state index in [1.54, 1.807) is 48.4 Å². The highest BCUT2D eigenvalue weighted by atomic mass is 35.5. The first-order valence-electron chi connectivity index (χ1n) is 12.6. The van der Waals surface area contributed by atoms with Crippen LogP contribution in [0.2, 0.25) is 5.02 Å². The minimum Gasteiger partial charge on any atom is -0.497 e. The van der Waals surface area contributed by atoms with Gasteiger partial charge in [0.15, 0.2) is 0 Å². The maximum Gasteiger partial charge on any atom is 0.243 e. The van der Waals surface area contributed by atoms with Gasteiger partial charge in [-0.2, -0.15) is 0 Å². The van der Waals surface area contributed by atoms with Crippen molar-refractivity contribution in [2.24, 2.45) is 0 Å². The van der Waals surface area contributed by atoms with Crippen molar-refractivity contribution in [3.63, 3.8) is 0 Å². The first-order valence-corrected chi connectivity index (χ1v) is 13.0. The normalized spacial score (nSPS) is 11.5. The summed E-state index contributed by atoms with van der Waals surface area (Å²) >= 11 is 6.03. The number of hydrogen-bond donors (Lipinski definition) is 1. The fourth-order valence-electron chi connectivity index (χ4n) is 4.27. The zero-order valence-corrected chi connectivity index (χ0v) is 22.4. The van der Waals surface area contributed by atoms with Gasteiger partial charge in [0, 0.05) is 24.5 Å². The fraction of sp³-hybridized carbons (Fsp3) is 0.188. The van der Waals surface area contributed by atoms with Crippen LogP contribution in [0.15, 0.2) is 103 Å². The van der Waals surface area contributed by atoms with Crippen LogP contribution >= 0.6 is 11.6 Å². The van der Waals surface area contributed by atoms with E-state index in [9.17, 15) is 14.0 Å². The first kappa shape index (κ1) is 27.9. The summed E-state index contributed by atoms with van der Waals surface area (Å²) in [6, 6.07) is 29.3. The van der Waals surface area contributed by atoms with E-state index < -0.39 is 6.04 Å². The van der Waals surface area contributed by atoms with Crippen LogP contribution in [0.4, 0.5) is 4.39 Å². The van der Waals surface area contributed by atoms with Gasteiger partial charge >= 0.3 is 0 Å². The highest BCUT2D eigenvalue weighted by molar-refractivity contribution is 6.30. The Morgan fingerprint density at radius 2 is 1.44 bits per heavy atom. The third-order valence-electron chi connectivity index (χ3n) is 6.43. The molecule has 1 atom stereocenters. The summed E-state index contributed by atoms with van der Waals surface area (Å²) in [5.41, 5.74) is 3.33. The molecule has 4 rings (SSSR count). The average Bonchev–Trinajstić information content (AvgIpc) is 2.96. The minimum absolute atomic E-state index is 0.0927. The molecule has 5 nitrogen and oxygen atoms in total. The largest absolute Gasteiger partial charge is 0.497 e. The number of carbonyl (C=O) groups is 2. The van der Waals surface area contributed by atoms with E-state index in [0.717, 1.165) is 28.0 Å². The SMILES string of the molecule is COc1ccc(CNC(=O)[C@@H](Cc2ccccc2)N(Cc2ccc(F)cc2)C(=O)Cc2ccc(Cl)cc2)cc1. The molecule has 0 fully saturated rings. The molecule has 2 amide bonds. The monoisotopic (exact) mass is 544 g/mol. The van der Waals surface area contributed by atoms with E-state index >= 15 is 0 Å². The molecule has 0 aliphatic carbocycles. The summed E-state index contributed by atoms with van der Waals surface area (Å²) in [7, 11) is 1.60. The number of benzene rings is 4. The topological polar surface area (TPSA) is 58.6 Å². The van der Waals surface area contributed by atoms with Crippen LogP contribution in [0.25, 0.3) is 0 Å². The Balaban J connectivity index is 1.62. The van der Waals surface area contributed by atoms with Gasteiger partial charge in [0.05, 0.1) is 13.5 Å². The van der Waals surface area contributed by atoms with Crippen LogP contribution < -0.4 is 10.1 Å². The lowest BCUT2D eigenvalue weighted by molar-refractivity contribution is -0.140. The molecule has 4 aromatic carbocycles. The van der Waals surface area contributed by atoms with Crippen molar-refractivity contribution in [3.05, 3.63) is 136 Å². The van der Waals surface area contributed by atoms with Gasteiger partial charge in [0.25, 0.3) is 0 Å². The maximum atomic E-state index is 13.8. The molecule has 1 N–H and O–H groups in total. The van der Waals surface area contributed by atoms with Crippen molar-refractivity contribution in [3.8, 4) is 5.75 Å². The molecule has 0 radical (unpaired) electrons. The van der Waals surface area contributed by atoms with Crippen molar-refractivity contribution in [2.75, 3.05) is 7.11 Å². The highest BCUT2D eigenvalue weighted by Crippen LogP contribution is 2.19. The van der Waals surface area contributed by atoms with Crippen molar-refractivity contribution >= 4 is 23.4 Å². The molecular formula is C32H30ClFN2O3. The minimum atomic E-state index is -0.796. The molecule has 0 bridgehead atoms. The number of halogens is 2. The quantitative estimate of drug-likeness (QED) is 0.252. The Labute approximate surface area is 233 Å². The molecule has 4 aromatic rings. The second-order valence-electron chi connectivity index (χ2n) is 9.22. The van der Waals surface area contributed by atoms with Crippen LogP contribution in [0.3, 0.4) is 0 Å². The lowest BCUT2D eigenvalue weighted by Crippen LogP contribution is -2.50. The predicted octanol–water partition coefficient (Wildman–Crippen LogP) is 5.99. The lowest BCUT2D eigenvalue weighted by atomic mass is 10.0. The number of hydrogen-bond acceptors (Lipinski definition) is 3. The van der Waals surface area contributed by atoms with Gasteiger partial charge in [-0.15, -0.1) is 0 Å². The molecule has 0 heterocycles. The van der Waals surface area contributed by atoms with Crippen LogP contribution in [0, 0.1) is 5.82 Å². The number of rotatable bonds is 11. The zero-order valence-electron chi connectivity index (χ0n) is 21.6. The van der Waals surface area contributed by atoms with E-state index in [1.807, 2.05) is 54.6 Å². The van der Waals surface area contributed by atoms with Crippen molar-refractivity contribution in [1.29, 1.82) is 0 Å². The van der Waals surface area contributed by atoms with E-state index in [1.165, 1.54) is 12.1 Å². The van der Waals surface area contributed by atoms with Gasteiger partial charge in [0.1, 0.15) is 17.6 Å². The Morgan fingerprint density at radius 3 is 2.08 bits per heavy atom. The summed E-state index contributed by atoms with van der Waals surface area (Å²) in [6.07, 6.45) is 0.415. The smallest absolute Gasteiger partial charge is 0.243 e. The van der Waals surface area contributed by atoms with Gasteiger partial charge in [-0.1, -0.05) is 78.3 Å². The third kappa shape index (κ3) is 8.16. The van der Waals surface area contributed by atoms with E-state index in [-0.39, 0.29) is 30.6 Å². The lowest BCUT2D eigenvalue weighted by Gasteiger charge is -2.32. The molecule has 0 unspecified atom stereocenters. The average molecular weight is 545 g/mol. The number of amides is 2. The Bertz CT molecular complexity index is 1360. The van der Waals surface area contributed by atoms with Gasteiger partial charge in [-0.3, -0.25) is 9.59 Å². The maximum absolute atomic E-state index is 13.8. The van der Waals surface area contributed by atoms with Crippen molar-refractivity contribution in [2.45, 2.75) is 32.0 Å². The molecule has 0 saturated heterocycles. The summed E-state index contributed by atoms with van der Waals surface area (Å²) in [5, 5.41) is 3.59. The first-order chi connectivity index (χ1) is 18.9. The zero-order chi connectivity index (χ0) is 27.6. The summed E-state index contributed by atoms with van der Waals surface area (Å²) < 4.78 is 18.8. The summed E-state index contributed by atoms with van der Waals surface area (Å²) in [6.45, 7) is 0.448. The van der Waals surface area contributed by atoms with Gasteiger partial charge < -0.3 is 15.0 Å². The third-order valence-corrected chi connectivity index (χ3v) is 6.68. The summed E-state index contributed by atoms with van der Waals surface area (Å²) in [4.78, 5) is 29.1. The molecule has 0 saturated carbocycles. The predicted molar refractivity (Wildman–Crippen MR) is 151 cm³/mol. The molecule has 39 heavy (non-hydrogen) atoms. The second kappa shape index (κ2) is 13.6. The summed E-state index contributed by atoms with van der Waals surface area (Å²) in [5.74, 6) is -0.135. The molecule has 0 aromatic heterocycles. The Hall–Kier alpha value is -4.16. The van der Waals surface area contributed by atoms with Gasteiger partial charge in [-0.25, -0.2) is 4.39 Å². The highest BCUT2D eigenvalue weighted by Gasteiger charge is 2.30. The molecule has 0 aliphatic rings. The Kier molecular flexibility index (Phi) is 9.70. The number of nitrogens with zero attached hydrogens (tertiary/aromatic N) is 1. The van der Waals surface area contributed by atoms with Gasteiger partial charge in [0.2, 0.25) is 11.8 Å². The number of nitrogens with one attached hydrogen (secondary N) is 1. The fourth-order valence-corrected chi connectivity index (χ4v) is 4.40. The Morgan fingerprint density at radius 1 is 0.821 bits per heavy atom. The van der Waals surface area contributed by atoms with E-state index in [0.29, 0.717) is 18.0 Å². The molecule has 200 valence electrons. The van der Waals surface area contributed by atoms with Crippen LogP contribution in [0.1, 0.15) is 22.3 Å². The van der Waals surface area contributed by atoms with Gasteiger partial charge in [-0.05, 0) is 58.7 Å². The van der Waals surface area contributed by atoms with E-state index in [2.05, 4.69) is 5.32 Å². The van der Waals surface area contributed by atoms with Crippen molar-refractivity contribution < 1.29 is 18.7 Å².